The van der Waals surface area contributed by atoms with Crippen molar-refractivity contribution in [2.75, 3.05) is 0 Å². The number of nitrogens with zero attached hydrogens (tertiary/aromatic N) is 2. The van der Waals surface area contributed by atoms with Gasteiger partial charge >= 0.3 is 5.97 Å². The van der Waals surface area contributed by atoms with Crippen LogP contribution in [0.25, 0.3) is 0 Å². The Morgan fingerprint density at radius 3 is 3.00 bits per heavy atom. The molecule has 0 unspecified atom stereocenters. The van der Waals surface area contributed by atoms with Crippen LogP contribution in [0, 0.1) is 6.92 Å². The molecule has 0 saturated heterocycles. The summed E-state index contributed by atoms with van der Waals surface area (Å²) in [5.74, 6) is -0.261. The van der Waals surface area contributed by atoms with E-state index in [0.29, 0.717) is 12.1 Å². The van der Waals surface area contributed by atoms with E-state index >= 15 is 0 Å². The molecular weight excluding hydrogens is 236 g/mol. The van der Waals surface area contributed by atoms with Gasteiger partial charge in [-0.3, -0.25) is 4.68 Å². The Morgan fingerprint density at radius 1 is 1.59 bits per heavy atom. The van der Waals surface area contributed by atoms with E-state index in [4.69, 9.17) is 4.74 Å². The first-order valence-corrected chi connectivity index (χ1v) is 6.32. The Morgan fingerprint density at radius 2 is 2.41 bits per heavy atom. The smallest absolute Gasteiger partial charge is 0.339 e. The molecule has 0 N–H and O–H groups in total. The van der Waals surface area contributed by atoms with Crippen LogP contribution in [0.5, 0.6) is 0 Å². The third kappa shape index (κ3) is 2.94. The van der Waals surface area contributed by atoms with Gasteiger partial charge in [0.2, 0.25) is 0 Å². The largest absolute Gasteiger partial charge is 0.457 e. The first kappa shape index (κ1) is 11.9. The second-order valence-corrected chi connectivity index (χ2v) is 4.66. The summed E-state index contributed by atoms with van der Waals surface area (Å²) in [6.07, 6.45) is 3.36. The van der Waals surface area contributed by atoms with E-state index in [1.807, 2.05) is 36.9 Å². The molecule has 17 heavy (non-hydrogen) atoms. The van der Waals surface area contributed by atoms with Crippen molar-refractivity contribution in [1.82, 2.24) is 9.78 Å². The normalized spacial score (nSPS) is 12.4. The molecule has 0 aromatic carbocycles. The van der Waals surface area contributed by atoms with Crippen LogP contribution < -0.4 is 0 Å². The van der Waals surface area contributed by atoms with E-state index in [2.05, 4.69) is 5.10 Å². The van der Waals surface area contributed by atoms with Gasteiger partial charge in [0.05, 0.1) is 12.1 Å². The molecule has 4 nitrogen and oxygen atoms in total. The molecule has 5 heteroatoms. The maximum Gasteiger partial charge on any atom is 0.339 e. The molecule has 2 rings (SSSR count). The lowest BCUT2D eigenvalue weighted by molar-refractivity contribution is 0.0298. The summed E-state index contributed by atoms with van der Waals surface area (Å²) in [6, 6.07) is 1.84. The number of rotatable bonds is 4. The highest BCUT2D eigenvalue weighted by atomic mass is 32.1. The predicted octanol–water partition coefficient (Wildman–Crippen LogP) is 2.50. The van der Waals surface area contributed by atoms with E-state index in [9.17, 15) is 4.79 Å². The van der Waals surface area contributed by atoms with E-state index in [0.717, 1.165) is 5.56 Å². The van der Waals surface area contributed by atoms with Gasteiger partial charge in [-0.05, 0) is 30.9 Å². The fraction of sp³-hybridized carbons (Fsp3) is 0.333. The molecule has 0 fully saturated rings. The van der Waals surface area contributed by atoms with Crippen molar-refractivity contribution in [3.8, 4) is 0 Å². The van der Waals surface area contributed by atoms with Gasteiger partial charge in [0, 0.05) is 17.8 Å². The first-order chi connectivity index (χ1) is 8.16. The van der Waals surface area contributed by atoms with Gasteiger partial charge in [0.15, 0.2) is 0 Å². The molecule has 0 aliphatic carbocycles. The Bertz CT molecular complexity index is 490. The van der Waals surface area contributed by atoms with Crippen molar-refractivity contribution >= 4 is 17.3 Å². The van der Waals surface area contributed by atoms with Crippen LogP contribution in [-0.2, 0) is 11.3 Å². The number of aromatic nitrogens is 2. The standard InChI is InChI=1S/C12H14N2O2S/c1-9-7-17-8-11(9)12(15)16-10(2)6-14-5-3-4-13-14/h3-5,7-8,10H,6H2,1-2H3/t10-/m1/s1. The van der Waals surface area contributed by atoms with Crippen LogP contribution in [0.1, 0.15) is 22.8 Å². The molecule has 2 aromatic rings. The molecular formula is C12H14N2O2S. The average molecular weight is 250 g/mol. The number of aryl methyl sites for hydroxylation is 1. The Balaban J connectivity index is 1.93. The summed E-state index contributed by atoms with van der Waals surface area (Å²) < 4.78 is 7.10. The molecule has 0 saturated carbocycles. The molecule has 0 radical (unpaired) electrons. The topological polar surface area (TPSA) is 44.1 Å². The number of carbonyl (C=O) groups is 1. The highest BCUT2D eigenvalue weighted by Gasteiger charge is 2.15. The zero-order chi connectivity index (χ0) is 12.3. The second-order valence-electron chi connectivity index (χ2n) is 3.91. The van der Waals surface area contributed by atoms with Crippen LogP contribution in [0.4, 0.5) is 0 Å². The molecule has 2 aromatic heterocycles. The molecule has 2 heterocycles. The summed E-state index contributed by atoms with van der Waals surface area (Å²) in [5, 5.41) is 7.83. The number of hydrogen-bond acceptors (Lipinski definition) is 4. The Hall–Kier alpha value is -1.62. The van der Waals surface area contributed by atoms with Crippen molar-refractivity contribution in [2.24, 2.45) is 0 Å². The highest BCUT2D eigenvalue weighted by Crippen LogP contribution is 2.15. The summed E-state index contributed by atoms with van der Waals surface area (Å²) in [6.45, 7) is 4.34. The van der Waals surface area contributed by atoms with Crippen LogP contribution in [0.15, 0.2) is 29.2 Å². The highest BCUT2D eigenvalue weighted by molar-refractivity contribution is 7.08. The number of carbonyl (C=O) groups excluding carboxylic acids is 1. The van der Waals surface area contributed by atoms with Crippen LogP contribution in [-0.4, -0.2) is 21.9 Å². The number of esters is 1. The second kappa shape index (κ2) is 5.14. The summed E-state index contributed by atoms with van der Waals surface area (Å²) in [7, 11) is 0. The van der Waals surface area contributed by atoms with Crippen molar-refractivity contribution in [3.05, 3.63) is 40.3 Å². The van der Waals surface area contributed by atoms with Crippen LogP contribution in [0.3, 0.4) is 0 Å². The molecule has 0 amide bonds. The van der Waals surface area contributed by atoms with Gasteiger partial charge in [-0.25, -0.2) is 4.79 Å². The van der Waals surface area contributed by atoms with Gasteiger partial charge in [-0.15, -0.1) is 0 Å². The quantitative estimate of drug-likeness (QED) is 0.783. The summed E-state index contributed by atoms with van der Waals surface area (Å²) in [4.78, 5) is 11.8. The molecule has 0 aliphatic heterocycles. The third-order valence-electron chi connectivity index (χ3n) is 2.39. The number of hydrogen-bond donors (Lipinski definition) is 0. The zero-order valence-corrected chi connectivity index (χ0v) is 10.6. The van der Waals surface area contributed by atoms with Crippen molar-refractivity contribution in [1.29, 1.82) is 0 Å². The van der Waals surface area contributed by atoms with Crippen molar-refractivity contribution in [3.63, 3.8) is 0 Å². The summed E-state index contributed by atoms with van der Waals surface area (Å²) >= 11 is 1.51. The maximum atomic E-state index is 11.8. The zero-order valence-electron chi connectivity index (χ0n) is 9.79. The predicted molar refractivity (Wildman–Crippen MR) is 66.2 cm³/mol. The SMILES string of the molecule is Cc1cscc1C(=O)O[C@H](C)Cn1cccn1. The van der Waals surface area contributed by atoms with Crippen LogP contribution in [0.2, 0.25) is 0 Å². The minimum absolute atomic E-state index is 0.193. The molecule has 90 valence electrons. The first-order valence-electron chi connectivity index (χ1n) is 5.38. The van der Waals surface area contributed by atoms with E-state index in [1.54, 1.807) is 10.9 Å². The lowest BCUT2D eigenvalue weighted by atomic mass is 10.2. The van der Waals surface area contributed by atoms with Crippen LogP contribution >= 0.6 is 11.3 Å². The van der Waals surface area contributed by atoms with E-state index in [1.165, 1.54) is 11.3 Å². The molecule has 0 spiro atoms. The van der Waals surface area contributed by atoms with Gasteiger partial charge < -0.3 is 4.74 Å². The van der Waals surface area contributed by atoms with Gasteiger partial charge in [-0.2, -0.15) is 16.4 Å². The number of thiophene rings is 1. The van der Waals surface area contributed by atoms with Gasteiger partial charge in [0.25, 0.3) is 0 Å². The lowest BCUT2D eigenvalue weighted by Crippen LogP contribution is -2.21. The van der Waals surface area contributed by atoms with E-state index < -0.39 is 0 Å². The van der Waals surface area contributed by atoms with Crippen molar-refractivity contribution < 1.29 is 9.53 Å². The van der Waals surface area contributed by atoms with E-state index in [-0.39, 0.29) is 12.1 Å². The molecule has 0 bridgehead atoms. The Labute approximate surface area is 104 Å². The summed E-state index contributed by atoms with van der Waals surface area (Å²) in [5.41, 5.74) is 1.62. The monoisotopic (exact) mass is 250 g/mol. The Kier molecular flexibility index (Phi) is 3.58. The molecule has 0 aliphatic rings. The fourth-order valence-electron chi connectivity index (χ4n) is 1.53. The minimum atomic E-state index is -0.261. The van der Waals surface area contributed by atoms with Crippen molar-refractivity contribution in [2.45, 2.75) is 26.5 Å². The molecule has 1 atom stereocenters. The third-order valence-corrected chi connectivity index (χ3v) is 3.25. The van der Waals surface area contributed by atoms with Gasteiger partial charge in [0.1, 0.15) is 6.10 Å². The lowest BCUT2D eigenvalue weighted by Gasteiger charge is -2.13. The number of ether oxygens (including phenoxy) is 1. The maximum absolute atomic E-state index is 11.8. The van der Waals surface area contributed by atoms with Gasteiger partial charge in [-0.1, -0.05) is 0 Å². The average Bonchev–Trinajstić information content (AvgIpc) is 2.88. The minimum Gasteiger partial charge on any atom is -0.457 e. The fourth-order valence-corrected chi connectivity index (χ4v) is 2.34.